The molecule has 2 aromatic carbocycles. The van der Waals surface area contributed by atoms with Gasteiger partial charge in [0, 0.05) is 12.3 Å². The lowest BCUT2D eigenvalue weighted by Crippen LogP contribution is -2.17. The average molecular weight is 407 g/mol. The van der Waals surface area contributed by atoms with Crippen molar-refractivity contribution in [2.24, 2.45) is 0 Å². The highest BCUT2D eigenvalue weighted by atomic mass is 19.2. The topological polar surface area (TPSA) is 56.1 Å². The van der Waals surface area contributed by atoms with E-state index in [2.05, 4.69) is 18.9 Å². The molecule has 29 heavy (non-hydrogen) atoms. The standard InChI is InChI=1S/C20H17F4N3O2/c1-11(2)12-3-5-13(6-4-12)29-10-27-8-7-16(26-27)20(28)25-19-17(23)14(21)9-15(22)18(19)24/h3-9,11H,10H2,1-2H3,(H,25,28). The van der Waals surface area contributed by atoms with E-state index in [4.69, 9.17) is 4.74 Å². The number of amides is 1. The first kappa shape index (κ1) is 20.4. The number of anilines is 1. The van der Waals surface area contributed by atoms with Gasteiger partial charge in [-0.15, -0.1) is 0 Å². The lowest BCUT2D eigenvalue weighted by atomic mass is 10.0. The van der Waals surface area contributed by atoms with Crippen molar-refractivity contribution in [3.8, 4) is 5.75 Å². The van der Waals surface area contributed by atoms with E-state index >= 15 is 0 Å². The Hall–Kier alpha value is -3.36. The Morgan fingerprint density at radius 3 is 2.28 bits per heavy atom. The molecule has 0 saturated carbocycles. The second-order valence-corrected chi connectivity index (χ2v) is 6.53. The summed E-state index contributed by atoms with van der Waals surface area (Å²) in [6, 6.07) is 8.80. The molecule has 0 aliphatic carbocycles. The zero-order chi connectivity index (χ0) is 21.1. The lowest BCUT2D eigenvalue weighted by molar-refractivity contribution is 0.101. The molecule has 0 aliphatic heterocycles. The molecule has 1 amide bonds. The van der Waals surface area contributed by atoms with Crippen LogP contribution in [0.3, 0.4) is 0 Å². The minimum atomic E-state index is -1.70. The predicted octanol–water partition coefficient (Wildman–Crippen LogP) is 4.85. The second-order valence-electron chi connectivity index (χ2n) is 6.53. The van der Waals surface area contributed by atoms with Gasteiger partial charge in [-0.25, -0.2) is 22.2 Å². The van der Waals surface area contributed by atoms with Gasteiger partial charge in [-0.3, -0.25) is 4.79 Å². The summed E-state index contributed by atoms with van der Waals surface area (Å²) in [6.07, 6.45) is 1.41. The van der Waals surface area contributed by atoms with Crippen LogP contribution in [0.2, 0.25) is 0 Å². The first-order valence-electron chi connectivity index (χ1n) is 8.66. The van der Waals surface area contributed by atoms with Crippen LogP contribution in [0, 0.1) is 23.3 Å². The van der Waals surface area contributed by atoms with E-state index in [1.165, 1.54) is 16.9 Å². The van der Waals surface area contributed by atoms with Gasteiger partial charge < -0.3 is 10.1 Å². The molecule has 5 nitrogen and oxygen atoms in total. The van der Waals surface area contributed by atoms with Crippen molar-refractivity contribution in [2.75, 3.05) is 5.32 Å². The number of hydrogen-bond acceptors (Lipinski definition) is 3. The van der Waals surface area contributed by atoms with Gasteiger partial charge in [0.2, 0.25) is 0 Å². The van der Waals surface area contributed by atoms with Gasteiger partial charge in [-0.1, -0.05) is 26.0 Å². The number of nitrogens with one attached hydrogen (secondary N) is 1. The predicted molar refractivity (Wildman–Crippen MR) is 97.6 cm³/mol. The van der Waals surface area contributed by atoms with Gasteiger partial charge in [-0.05, 0) is 29.7 Å². The van der Waals surface area contributed by atoms with Crippen LogP contribution < -0.4 is 10.1 Å². The molecule has 1 aromatic heterocycles. The number of carbonyl (C=O) groups is 1. The Bertz CT molecular complexity index is 1010. The molecular weight excluding hydrogens is 390 g/mol. The van der Waals surface area contributed by atoms with Crippen LogP contribution in [0.25, 0.3) is 0 Å². The number of hydrogen-bond donors (Lipinski definition) is 1. The molecule has 0 unspecified atom stereocenters. The Labute approximate surface area is 163 Å². The van der Waals surface area contributed by atoms with Crippen LogP contribution in [0.4, 0.5) is 23.2 Å². The highest BCUT2D eigenvalue weighted by molar-refractivity contribution is 6.02. The quantitative estimate of drug-likeness (QED) is 0.469. The number of benzene rings is 2. The first-order chi connectivity index (χ1) is 13.8. The van der Waals surface area contributed by atoms with Gasteiger partial charge in [0.25, 0.3) is 5.91 Å². The van der Waals surface area contributed by atoms with Gasteiger partial charge in [0.05, 0.1) is 0 Å². The lowest BCUT2D eigenvalue weighted by Gasteiger charge is -2.09. The van der Waals surface area contributed by atoms with E-state index in [-0.39, 0.29) is 18.5 Å². The molecule has 3 rings (SSSR count). The molecule has 0 atom stereocenters. The van der Waals surface area contributed by atoms with E-state index in [1.54, 1.807) is 17.4 Å². The maximum absolute atomic E-state index is 13.7. The van der Waals surface area contributed by atoms with Crippen molar-refractivity contribution in [1.82, 2.24) is 9.78 Å². The van der Waals surface area contributed by atoms with Crippen LogP contribution in [0.1, 0.15) is 35.8 Å². The maximum atomic E-state index is 13.7. The Balaban J connectivity index is 1.66. The normalized spacial score (nSPS) is 11.0. The number of rotatable bonds is 6. The van der Waals surface area contributed by atoms with Crippen molar-refractivity contribution in [1.29, 1.82) is 0 Å². The first-order valence-corrected chi connectivity index (χ1v) is 8.66. The van der Waals surface area contributed by atoms with Crippen molar-refractivity contribution in [2.45, 2.75) is 26.5 Å². The molecule has 3 aromatic rings. The number of carbonyl (C=O) groups excluding carboxylic acids is 1. The summed E-state index contributed by atoms with van der Waals surface area (Å²) in [7, 11) is 0. The molecule has 0 saturated heterocycles. The van der Waals surface area contributed by atoms with E-state index in [1.807, 2.05) is 12.1 Å². The molecule has 0 bridgehead atoms. The van der Waals surface area contributed by atoms with Gasteiger partial charge in [-0.2, -0.15) is 5.10 Å². The number of nitrogens with zero attached hydrogens (tertiary/aromatic N) is 2. The van der Waals surface area contributed by atoms with Crippen molar-refractivity contribution in [3.63, 3.8) is 0 Å². The fourth-order valence-electron chi connectivity index (χ4n) is 2.50. The number of aromatic nitrogens is 2. The zero-order valence-corrected chi connectivity index (χ0v) is 15.5. The van der Waals surface area contributed by atoms with Crippen LogP contribution in [0.5, 0.6) is 5.75 Å². The molecule has 9 heteroatoms. The fraction of sp³-hybridized carbons (Fsp3) is 0.200. The summed E-state index contributed by atoms with van der Waals surface area (Å²) < 4.78 is 60.7. The zero-order valence-electron chi connectivity index (χ0n) is 15.5. The van der Waals surface area contributed by atoms with Gasteiger partial charge >= 0.3 is 0 Å². The molecular formula is C20H17F4N3O2. The third-order valence-corrected chi connectivity index (χ3v) is 4.13. The molecule has 1 heterocycles. The summed E-state index contributed by atoms with van der Waals surface area (Å²) in [4.78, 5) is 12.1. The fourth-order valence-corrected chi connectivity index (χ4v) is 2.50. The van der Waals surface area contributed by atoms with Gasteiger partial charge in [0.15, 0.2) is 35.7 Å². The maximum Gasteiger partial charge on any atom is 0.276 e. The molecule has 0 spiro atoms. The van der Waals surface area contributed by atoms with Gasteiger partial charge in [0.1, 0.15) is 11.4 Å². The Morgan fingerprint density at radius 1 is 1.07 bits per heavy atom. The second kappa shape index (κ2) is 8.34. The SMILES string of the molecule is CC(C)c1ccc(OCn2ccc(C(=O)Nc3c(F)c(F)cc(F)c3F)n2)cc1. The summed E-state index contributed by atoms with van der Waals surface area (Å²) in [6.45, 7) is 4.12. The molecule has 0 fully saturated rings. The minimum absolute atomic E-state index is 0.0222. The average Bonchev–Trinajstić information content (AvgIpc) is 3.17. The van der Waals surface area contributed by atoms with E-state index in [9.17, 15) is 22.4 Å². The molecule has 0 aliphatic rings. The van der Waals surface area contributed by atoms with E-state index in [0.717, 1.165) is 5.56 Å². The minimum Gasteiger partial charge on any atom is -0.471 e. The highest BCUT2D eigenvalue weighted by Crippen LogP contribution is 2.24. The summed E-state index contributed by atoms with van der Waals surface area (Å²) in [5.41, 5.74) is -0.278. The monoisotopic (exact) mass is 407 g/mol. The van der Waals surface area contributed by atoms with Crippen molar-refractivity contribution < 1.29 is 27.1 Å². The largest absolute Gasteiger partial charge is 0.471 e. The Kier molecular flexibility index (Phi) is 5.86. The Morgan fingerprint density at radius 2 is 1.69 bits per heavy atom. The number of ether oxygens (including phenoxy) is 1. The summed E-state index contributed by atoms with van der Waals surface area (Å²) in [5, 5.41) is 5.71. The summed E-state index contributed by atoms with van der Waals surface area (Å²) in [5.74, 6) is -6.71. The van der Waals surface area contributed by atoms with Crippen LogP contribution >= 0.6 is 0 Å². The molecule has 152 valence electrons. The molecule has 1 N–H and O–H groups in total. The van der Waals surface area contributed by atoms with E-state index < -0.39 is 34.9 Å². The number of halogens is 4. The van der Waals surface area contributed by atoms with Crippen molar-refractivity contribution >= 4 is 11.6 Å². The molecule has 0 radical (unpaired) electrons. The van der Waals surface area contributed by atoms with Crippen LogP contribution in [0.15, 0.2) is 42.6 Å². The van der Waals surface area contributed by atoms with Crippen LogP contribution in [-0.4, -0.2) is 15.7 Å². The van der Waals surface area contributed by atoms with E-state index in [0.29, 0.717) is 11.7 Å². The third kappa shape index (κ3) is 4.56. The third-order valence-electron chi connectivity index (χ3n) is 4.13. The summed E-state index contributed by atoms with van der Waals surface area (Å²) >= 11 is 0. The highest BCUT2D eigenvalue weighted by Gasteiger charge is 2.22. The van der Waals surface area contributed by atoms with Crippen molar-refractivity contribution in [3.05, 3.63) is 77.1 Å². The van der Waals surface area contributed by atoms with Crippen LogP contribution in [-0.2, 0) is 6.73 Å². The smallest absolute Gasteiger partial charge is 0.276 e.